The predicted molar refractivity (Wildman–Crippen MR) is 98.6 cm³/mol. The Hall–Kier alpha value is -1.69. The van der Waals surface area contributed by atoms with Crippen molar-refractivity contribution < 1.29 is 14.3 Å². The van der Waals surface area contributed by atoms with E-state index in [0.29, 0.717) is 6.54 Å². The van der Waals surface area contributed by atoms with E-state index < -0.39 is 5.60 Å². The second-order valence-electron chi connectivity index (χ2n) is 6.79. The van der Waals surface area contributed by atoms with Crippen LogP contribution in [0.25, 0.3) is 0 Å². The zero-order valence-electron chi connectivity index (χ0n) is 15.2. The molecule has 0 atom stereocenters. The van der Waals surface area contributed by atoms with Crippen molar-refractivity contribution in [3.8, 4) is 0 Å². The minimum atomic E-state index is -0.461. The molecule has 0 spiro atoms. The number of thioether (sulfide) groups is 1. The third-order valence-corrected chi connectivity index (χ3v) is 4.10. The van der Waals surface area contributed by atoms with Crippen LogP contribution in [-0.2, 0) is 11.2 Å². The number of nitrogens with one attached hydrogen (secondary N) is 1. The van der Waals surface area contributed by atoms with E-state index in [-0.39, 0.29) is 11.3 Å². The molecular weight excluding hydrogens is 324 g/mol. The normalized spacial score (nSPS) is 11.0. The van der Waals surface area contributed by atoms with Gasteiger partial charge >= 0.3 is 6.09 Å². The largest absolute Gasteiger partial charge is 0.444 e. The van der Waals surface area contributed by atoms with E-state index in [1.807, 2.05) is 45.0 Å². The molecule has 0 aliphatic rings. The Morgan fingerprint density at radius 3 is 2.29 bits per heavy atom. The van der Waals surface area contributed by atoms with Crippen LogP contribution in [0.5, 0.6) is 0 Å². The standard InChI is InChI=1S/C18H28N2O3S/c1-18(2,3)23-16(21)19-13-7-6-8-14-9-11-15(12-10-14)24-17(22)20(4)5/h9-12H,6-8,13H2,1-5H3,(H,19,21). The number of benzene rings is 1. The quantitative estimate of drug-likeness (QED) is 0.612. The van der Waals surface area contributed by atoms with Gasteiger partial charge in [0.25, 0.3) is 5.24 Å². The predicted octanol–water partition coefficient (Wildman–Crippen LogP) is 4.31. The molecule has 134 valence electrons. The molecule has 5 nitrogen and oxygen atoms in total. The Morgan fingerprint density at radius 1 is 1.12 bits per heavy atom. The van der Waals surface area contributed by atoms with Gasteiger partial charge in [-0.05, 0) is 69.5 Å². The monoisotopic (exact) mass is 352 g/mol. The summed E-state index contributed by atoms with van der Waals surface area (Å²) in [5.41, 5.74) is 0.770. The minimum absolute atomic E-state index is 0.0240. The molecule has 2 amide bonds. The minimum Gasteiger partial charge on any atom is -0.444 e. The SMILES string of the molecule is CN(C)C(=O)Sc1ccc(CCCCNC(=O)OC(C)(C)C)cc1. The highest BCUT2D eigenvalue weighted by Gasteiger charge is 2.15. The molecule has 1 N–H and O–H groups in total. The third kappa shape index (κ3) is 8.82. The number of amides is 2. The van der Waals surface area contributed by atoms with Crippen molar-refractivity contribution in [1.82, 2.24) is 10.2 Å². The van der Waals surface area contributed by atoms with Crippen molar-refractivity contribution in [3.63, 3.8) is 0 Å². The van der Waals surface area contributed by atoms with Gasteiger partial charge in [-0.1, -0.05) is 12.1 Å². The lowest BCUT2D eigenvalue weighted by Crippen LogP contribution is -2.33. The second-order valence-corrected chi connectivity index (χ2v) is 7.82. The molecule has 1 aromatic rings. The molecular formula is C18H28N2O3S. The van der Waals surface area contributed by atoms with Crippen LogP contribution < -0.4 is 5.32 Å². The van der Waals surface area contributed by atoms with Crippen molar-refractivity contribution in [2.24, 2.45) is 0 Å². The first-order valence-corrected chi connectivity index (χ1v) is 8.94. The van der Waals surface area contributed by atoms with Crippen molar-refractivity contribution in [1.29, 1.82) is 0 Å². The summed E-state index contributed by atoms with van der Waals surface area (Å²) in [6.07, 6.45) is 2.46. The van der Waals surface area contributed by atoms with Gasteiger partial charge in [-0.25, -0.2) is 4.79 Å². The van der Waals surface area contributed by atoms with Crippen molar-refractivity contribution in [2.45, 2.75) is 50.5 Å². The molecule has 24 heavy (non-hydrogen) atoms. The summed E-state index contributed by atoms with van der Waals surface area (Å²) in [4.78, 5) is 25.6. The zero-order chi connectivity index (χ0) is 18.2. The van der Waals surface area contributed by atoms with E-state index in [2.05, 4.69) is 5.32 Å². The van der Waals surface area contributed by atoms with Gasteiger partial charge < -0.3 is 15.0 Å². The first-order valence-electron chi connectivity index (χ1n) is 8.12. The van der Waals surface area contributed by atoms with Gasteiger partial charge in [0.2, 0.25) is 0 Å². The summed E-state index contributed by atoms with van der Waals surface area (Å²) in [6.45, 7) is 6.15. The lowest BCUT2D eigenvalue weighted by molar-refractivity contribution is 0.0527. The highest BCUT2D eigenvalue weighted by Crippen LogP contribution is 2.21. The number of rotatable bonds is 6. The molecule has 1 aromatic carbocycles. The van der Waals surface area contributed by atoms with Gasteiger partial charge in [0.05, 0.1) is 0 Å². The highest BCUT2D eigenvalue weighted by molar-refractivity contribution is 8.13. The van der Waals surface area contributed by atoms with Crippen LogP contribution in [0.15, 0.2) is 29.2 Å². The van der Waals surface area contributed by atoms with Crippen LogP contribution in [0.1, 0.15) is 39.2 Å². The average Bonchev–Trinajstić information content (AvgIpc) is 2.46. The maximum Gasteiger partial charge on any atom is 0.407 e. The summed E-state index contributed by atoms with van der Waals surface area (Å²) >= 11 is 1.23. The summed E-state index contributed by atoms with van der Waals surface area (Å²) < 4.78 is 5.18. The number of hydrogen-bond donors (Lipinski definition) is 1. The van der Waals surface area contributed by atoms with Crippen LogP contribution in [0.3, 0.4) is 0 Å². The van der Waals surface area contributed by atoms with Crippen LogP contribution in [0.2, 0.25) is 0 Å². The first-order chi connectivity index (χ1) is 11.2. The van der Waals surface area contributed by atoms with E-state index in [4.69, 9.17) is 4.74 Å². The fraction of sp³-hybridized carbons (Fsp3) is 0.556. The topological polar surface area (TPSA) is 58.6 Å². The van der Waals surface area contributed by atoms with Gasteiger partial charge in [0.15, 0.2) is 0 Å². The number of unbranched alkanes of at least 4 members (excludes halogenated alkanes) is 1. The number of aryl methyl sites for hydroxylation is 1. The van der Waals surface area contributed by atoms with Crippen molar-refractivity contribution >= 4 is 23.1 Å². The number of carbonyl (C=O) groups is 2. The Kier molecular flexibility index (Phi) is 8.11. The van der Waals surface area contributed by atoms with Gasteiger partial charge in [-0.3, -0.25) is 4.79 Å². The molecule has 0 aliphatic heterocycles. The fourth-order valence-corrected chi connectivity index (χ4v) is 2.53. The Balaban J connectivity index is 2.24. The van der Waals surface area contributed by atoms with E-state index in [0.717, 1.165) is 24.2 Å². The lowest BCUT2D eigenvalue weighted by atomic mass is 10.1. The lowest BCUT2D eigenvalue weighted by Gasteiger charge is -2.19. The van der Waals surface area contributed by atoms with Crippen LogP contribution >= 0.6 is 11.8 Å². The van der Waals surface area contributed by atoms with Gasteiger partial charge in [0, 0.05) is 25.5 Å². The molecule has 0 bridgehead atoms. The molecule has 0 saturated carbocycles. The van der Waals surface area contributed by atoms with Crippen molar-refractivity contribution in [2.75, 3.05) is 20.6 Å². The maximum atomic E-state index is 11.6. The fourth-order valence-electron chi connectivity index (χ4n) is 1.88. The molecule has 0 saturated heterocycles. The molecule has 0 fully saturated rings. The van der Waals surface area contributed by atoms with Gasteiger partial charge in [-0.15, -0.1) is 0 Å². The summed E-state index contributed by atoms with van der Waals surface area (Å²) in [7, 11) is 3.49. The van der Waals surface area contributed by atoms with Gasteiger partial charge in [-0.2, -0.15) is 0 Å². The number of nitrogens with zero attached hydrogens (tertiary/aromatic N) is 1. The molecule has 0 radical (unpaired) electrons. The maximum absolute atomic E-state index is 11.6. The molecule has 0 aliphatic carbocycles. The van der Waals surface area contributed by atoms with Crippen molar-refractivity contribution in [3.05, 3.63) is 29.8 Å². The first kappa shape index (κ1) is 20.4. The Morgan fingerprint density at radius 2 is 1.75 bits per heavy atom. The molecule has 0 unspecified atom stereocenters. The van der Waals surface area contributed by atoms with E-state index in [1.54, 1.807) is 19.0 Å². The summed E-state index contributed by atoms with van der Waals surface area (Å²) in [5, 5.41) is 2.78. The second kappa shape index (κ2) is 9.57. The molecule has 1 rings (SSSR count). The average molecular weight is 353 g/mol. The van der Waals surface area contributed by atoms with Crippen LogP contribution in [-0.4, -0.2) is 42.5 Å². The van der Waals surface area contributed by atoms with Gasteiger partial charge in [0.1, 0.15) is 5.60 Å². The van der Waals surface area contributed by atoms with E-state index in [1.165, 1.54) is 17.3 Å². The highest BCUT2D eigenvalue weighted by atomic mass is 32.2. The number of carbonyl (C=O) groups excluding carboxylic acids is 2. The Bertz CT molecular complexity index is 536. The van der Waals surface area contributed by atoms with Crippen LogP contribution in [0, 0.1) is 0 Å². The smallest absolute Gasteiger partial charge is 0.407 e. The summed E-state index contributed by atoms with van der Waals surface area (Å²) in [5.74, 6) is 0. The number of hydrogen-bond acceptors (Lipinski definition) is 4. The summed E-state index contributed by atoms with van der Waals surface area (Å²) in [6, 6.07) is 8.04. The van der Waals surface area contributed by atoms with Crippen LogP contribution in [0.4, 0.5) is 9.59 Å². The van der Waals surface area contributed by atoms with E-state index in [9.17, 15) is 9.59 Å². The molecule has 6 heteroatoms. The molecule has 0 aromatic heterocycles. The van der Waals surface area contributed by atoms with E-state index >= 15 is 0 Å². The third-order valence-electron chi connectivity index (χ3n) is 3.05. The number of alkyl carbamates (subject to hydrolysis) is 1. The Labute approximate surface area is 149 Å². The zero-order valence-corrected chi connectivity index (χ0v) is 16.0. The molecule has 0 heterocycles. The number of ether oxygens (including phenoxy) is 1.